The Bertz CT molecular complexity index is 1050. The highest BCUT2D eigenvalue weighted by molar-refractivity contribution is 5.86. The van der Waals surface area contributed by atoms with Gasteiger partial charge in [-0.05, 0) is 97.5 Å². The molecule has 3 aromatic carbocycles. The zero-order chi connectivity index (χ0) is 24.4. The van der Waals surface area contributed by atoms with Crippen LogP contribution in [-0.4, -0.2) is 51.1 Å². The predicted octanol–water partition coefficient (Wildman–Crippen LogP) is 6.30. The summed E-state index contributed by atoms with van der Waals surface area (Å²) in [7, 11) is 0. The molecule has 0 saturated carbocycles. The number of hydrogen-bond acceptors (Lipinski definition) is 6. The fourth-order valence-corrected chi connectivity index (χ4v) is 4.20. The van der Waals surface area contributed by atoms with E-state index < -0.39 is 0 Å². The number of para-hydroxylation sites is 2. The Morgan fingerprint density at radius 2 is 1.08 bits per heavy atom. The van der Waals surface area contributed by atoms with Gasteiger partial charge in [0.15, 0.2) is 0 Å². The van der Waals surface area contributed by atoms with Crippen molar-refractivity contribution in [3.8, 4) is 11.5 Å². The van der Waals surface area contributed by atoms with Gasteiger partial charge in [-0.15, -0.1) is 0 Å². The van der Waals surface area contributed by atoms with Gasteiger partial charge in [-0.3, -0.25) is 9.98 Å². The largest absolute Gasteiger partial charge is 0.491 e. The summed E-state index contributed by atoms with van der Waals surface area (Å²) in [6, 6.07) is 23.7. The topological polar surface area (TPSA) is 61.6 Å². The van der Waals surface area contributed by atoms with E-state index in [1.165, 1.54) is 0 Å². The third-order valence-corrected chi connectivity index (χ3v) is 6.27. The monoisotopic (exact) mass is 484 g/mol. The molecule has 2 atom stereocenters. The first kappa shape index (κ1) is 24.2. The quantitative estimate of drug-likeness (QED) is 0.317. The molecule has 0 spiro atoms. The van der Waals surface area contributed by atoms with Crippen LogP contribution in [0.1, 0.15) is 36.8 Å². The highest BCUT2D eigenvalue weighted by atomic mass is 16.5. The van der Waals surface area contributed by atoms with Crippen molar-refractivity contribution in [3.63, 3.8) is 0 Å². The van der Waals surface area contributed by atoms with Crippen molar-refractivity contribution in [1.29, 1.82) is 0 Å². The Balaban J connectivity index is 1.16. The van der Waals surface area contributed by atoms with Gasteiger partial charge in [0, 0.05) is 25.6 Å². The molecule has 3 aromatic rings. The number of rotatable bonds is 10. The highest BCUT2D eigenvalue weighted by Gasteiger charge is 2.16. The summed E-state index contributed by atoms with van der Waals surface area (Å²) in [4.78, 5) is 9.34. The molecule has 6 heteroatoms. The van der Waals surface area contributed by atoms with Crippen molar-refractivity contribution in [3.05, 3.63) is 83.9 Å². The van der Waals surface area contributed by atoms with Gasteiger partial charge in [0.2, 0.25) is 0 Å². The first-order valence-electron chi connectivity index (χ1n) is 12.7. The normalized spacial score (nSPS) is 19.9. The van der Waals surface area contributed by atoms with Gasteiger partial charge in [0.1, 0.15) is 24.7 Å². The molecular formula is C30H32N2O4. The number of nitrogens with zero attached hydrogens (tertiary/aromatic N) is 2. The van der Waals surface area contributed by atoms with Crippen LogP contribution in [0.3, 0.4) is 0 Å². The van der Waals surface area contributed by atoms with E-state index in [1.54, 1.807) is 0 Å². The number of hydrogen-bond donors (Lipinski definition) is 0. The van der Waals surface area contributed by atoms with Gasteiger partial charge >= 0.3 is 0 Å². The molecule has 0 N–H and O–H groups in total. The molecule has 6 nitrogen and oxygen atoms in total. The van der Waals surface area contributed by atoms with Crippen molar-refractivity contribution in [2.45, 2.75) is 37.9 Å². The molecule has 5 rings (SSSR count). The fourth-order valence-electron chi connectivity index (χ4n) is 4.20. The minimum atomic E-state index is 0.214. The number of aliphatic imine (C=N–C) groups is 2. The van der Waals surface area contributed by atoms with Crippen molar-refractivity contribution in [2.75, 3.05) is 26.4 Å². The molecule has 36 heavy (non-hydrogen) atoms. The summed E-state index contributed by atoms with van der Waals surface area (Å²) in [6.07, 6.45) is 8.50. The molecule has 0 aromatic heterocycles. The van der Waals surface area contributed by atoms with Crippen molar-refractivity contribution >= 4 is 23.8 Å². The molecule has 186 valence electrons. The van der Waals surface area contributed by atoms with Gasteiger partial charge in [-0.25, -0.2) is 0 Å². The molecule has 2 unspecified atom stereocenters. The van der Waals surface area contributed by atoms with Crippen LogP contribution in [0, 0.1) is 0 Å². The third-order valence-electron chi connectivity index (χ3n) is 6.27. The summed E-state index contributed by atoms with van der Waals surface area (Å²) in [5.41, 5.74) is 3.61. The smallest absolute Gasteiger partial charge is 0.119 e. The van der Waals surface area contributed by atoms with Gasteiger partial charge in [-0.2, -0.15) is 0 Å². The van der Waals surface area contributed by atoms with Crippen LogP contribution in [-0.2, 0) is 9.47 Å². The average molecular weight is 485 g/mol. The van der Waals surface area contributed by atoms with Crippen LogP contribution < -0.4 is 9.47 Å². The first-order chi connectivity index (χ1) is 17.8. The average Bonchev–Trinajstić information content (AvgIpc) is 3.65. The van der Waals surface area contributed by atoms with Crippen LogP contribution in [0.25, 0.3) is 0 Å². The van der Waals surface area contributed by atoms with Crippen molar-refractivity contribution in [1.82, 2.24) is 0 Å². The molecule has 0 radical (unpaired) electrons. The van der Waals surface area contributed by atoms with E-state index in [9.17, 15) is 0 Å². The van der Waals surface area contributed by atoms with Crippen LogP contribution in [0.15, 0.2) is 82.8 Å². The Hall–Kier alpha value is -3.48. The second-order valence-corrected chi connectivity index (χ2v) is 9.04. The molecule has 0 bridgehead atoms. The maximum Gasteiger partial charge on any atom is 0.119 e. The minimum Gasteiger partial charge on any atom is -0.491 e. The van der Waals surface area contributed by atoms with Crippen molar-refractivity contribution < 1.29 is 18.9 Å². The van der Waals surface area contributed by atoms with E-state index in [-0.39, 0.29) is 12.2 Å². The van der Waals surface area contributed by atoms with E-state index >= 15 is 0 Å². The molecule has 2 aliphatic heterocycles. The Labute approximate surface area is 212 Å². The predicted molar refractivity (Wildman–Crippen MR) is 143 cm³/mol. The fraction of sp³-hybridized carbons (Fsp3) is 0.333. The van der Waals surface area contributed by atoms with E-state index in [1.807, 2.05) is 85.2 Å². The lowest BCUT2D eigenvalue weighted by atomic mass is 10.2. The molecule has 2 heterocycles. The lowest BCUT2D eigenvalue weighted by molar-refractivity contribution is 0.0679. The highest BCUT2D eigenvalue weighted by Crippen LogP contribution is 2.27. The molecule has 0 aliphatic carbocycles. The Morgan fingerprint density at radius 1 is 0.639 bits per heavy atom. The standard InChI is InChI=1S/C30H32N2O4/c1-2-8-30(32-20-24-11-15-26(16-12-24)36-22-28-6-4-18-34-28)29(7-1)31-19-23-9-13-25(14-10-23)35-21-27-5-3-17-33-27/h1-2,7-16,19-20,27-28H,3-6,17-18,21-22H2. The molecule has 2 saturated heterocycles. The Morgan fingerprint density at radius 3 is 1.47 bits per heavy atom. The van der Waals surface area contributed by atoms with Crippen LogP contribution in [0.5, 0.6) is 11.5 Å². The van der Waals surface area contributed by atoms with Gasteiger partial charge < -0.3 is 18.9 Å². The minimum absolute atomic E-state index is 0.214. The SMILES string of the molecule is C(=Nc1ccccc1N=Cc1ccc(OCC2CCCO2)cc1)c1ccc(OCC2CCCO2)cc1. The van der Waals surface area contributed by atoms with E-state index in [2.05, 4.69) is 9.98 Å². The van der Waals surface area contributed by atoms with Gasteiger partial charge in [0.05, 0.1) is 23.6 Å². The number of ether oxygens (including phenoxy) is 4. The first-order valence-corrected chi connectivity index (χ1v) is 12.7. The second kappa shape index (κ2) is 12.5. The molecule has 0 amide bonds. The molecule has 2 fully saturated rings. The lowest BCUT2D eigenvalue weighted by Gasteiger charge is -2.11. The summed E-state index contributed by atoms with van der Waals surface area (Å²) in [6.45, 7) is 2.88. The summed E-state index contributed by atoms with van der Waals surface area (Å²) in [5.74, 6) is 1.69. The zero-order valence-electron chi connectivity index (χ0n) is 20.4. The van der Waals surface area contributed by atoms with Crippen LogP contribution in [0.4, 0.5) is 11.4 Å². The summed E-state index contributed by atoms with van der Waals surface area (Å²) in [5, 5.41) is 0. The van der Waals surface area contributed by atoms with Gasteiger partial charge in [-0.1, -0.05) is 12.1 Å². The van der Waals surface area contributed by atoms with Crippen molar-refractivity contribution in [2.24, 2.45) is 9.98 Å². The Kier molecular flexibility index (Phi) is 8.39. The van der Waals surface area contributed by atoms with Crippen LogP contribution >= 0.6 is 0 Å². The molecular weight excluding hydrogens is 452 g/mol. The van der Waals surface area contributed by atoms with Crippen LogP contribution in [0.2, 0.25) is 0 Å². The molecule has 2 aliphatic rings. The maximum atomic E-state index is 5.84. The van der Waals surface area contributed by atoms with E-state index in [4.69, 9.17) is 18.9 Å². The lowest BCUT2D eigenvalue weighted by Crippen LogP contribution is -2.16. The summed E-state index contributed by atoms with van der Waals surface area (Å²) < 4.78 is 22.9. The van der Waals surface area contributed by atoms with E-state index in [0.717, 1.165) is 72.9 Å². The zero-order valence-corrected chi connectivity index (χ0v) is 20.4. The van der Waals surface area contributed by atoms with E-state index in [0.29, 0.717) is 13.2 Å². The summed E-state index contributed by atoms with van der Waals surface area (Å²) >= 11 is 0. The maximum absolute atomic E-state index is 5.84. The van der Waals surface area contributed by atoms with Gasteiger partial charge in [0.25, 0.3) is 0 Å². The second-order valence-electron chi connectivity index (χ2n) is 9.04. The third kappa shape index (κ3) is 7.03. The number of benzene rings is 3.